The first-order valence-electron chi connectivity index (χ1n) is 10.1. The van der Waals surface area contributed by atoms with Gasteiger partial charge < -0.3 is 10.1 Å². The number of ether oxygens (including phenoxy) is 1. The van der Waals surface area contributed by atoms with Gasteiger partial charge in [0.25, 0.3) is 10.0 Å². The van der Waals surface area contributed by atoms with Crippen molar-refractivity contribution < 1.29 is 17.9 Å². The number of aryl methyl sites for hydroxylation is 1. The van der Waals surface area contributed by atoms with Gasteiger partial charge in [0.15, 0.2) is 5.75 Å². The average molecular weight is 457 g/mol. The van der Waals surface area contributed by atoms with Crippen molar-refractivity contribution in [1.29, 1.82) is 0 Å². The number of nitrogens with zero attached hydrogens (tertiary/aromatic N) is 1. The first kappa shape index (κ1) is 21.5. The molecule has 2 aromatic carbocycles. The molecule has 0 unspecified atom stereocenters. The molecule has 1 aliphatic rings. The second-order valence-corrected chi connectivity index (χ2v) is 10.6. The second kappa shape index (κ2) is 9.21. The molecule has 4 rings (SSSR count). The van der Waals surface area contributed by atoms with Crippen LogP contribution < -0.4 is 10.1 Å². The van der Waals surface area contributed by atoms with E-state index >= 15 is 0 Å². The summed E-state index contributed by atoms with van der Waals surface area (Å²) in [5.74, 6) is 0.896. The van der Waals surface area contributed by atoms with Crippen LogP contribution in [0.1, 0.15) is 18.4 Å². The van der Waals surface area contributed by atoms with Gasteiger partial charge in [0.05, 0.1) is 5.69 Å². The lowest BCUT2D eigenvalue weighted by molar-refractivity contribution is -0.120. The lowest BCUT2D eigenvalue weighted by atomic mass is 9.97. The molecule has 0 radical (unpaired) electrons. The SMILES string of the molecule is Cc1ccc(Oc2ccccc2NC(=O)C2CCN(S(=O)(=O)c3cccs3)CC2)cc1. The van der Waals surface area contributed by atoms with Gasteiger partial charge in [-0.3, -0.25) is 4.79 Å². The Labute approximate surface area is 186 Å². The lowest BCUT2D eigenvalue weighted by Gasteiger charge is -2.30. The maximum Gasteiger partial charge on any atom is 0.252 e. The number of piperidine rings is 1. The summed E-state index contributed by atoms with van der Waals surface area (Å²) < 4.78 is 33.1. The number of hydrogen-bond acceptors (Lipinski definition) is 5. The molecule has 0 bridgehead atoms. The summed E-state index contributed by atoms with van der Waals surface area (Å²) in [5, 5.41) is 4.72. The molecule has 1 N–H and O–H groups in total. The number of nitrogens with one attached hydrogen (secondary N) is 1. The molecule has 162 valence electrons. The minimum Gasteiger partial charge on any atom is -0.455 e. The molecule has 1 saturated heterocycles. The molecular formula is C23H24N2O4S2. The molecule has 3 aromatic rings. The zero-order valence-electron chi connectivity index (χ0n) is 17.2. The zero-order valence-corrected chi connectivity index (χ0v) is 18.8. The van der Waals surface area contributed by atoms with E-state index in [-0.39, 0.29) is 11.8 Å². The number of rotatable bonds is 6. The van der Waals surface area contributed by atoms with E-state index in [4.69, 9.17) is 4.74 Å². The molecule has 6 nitrogen and oxygen atoms in total. The van der Waals surface area contributed by atoms with Crippen molar-refractivity contribution in [3.8, 4) is 11.5 Å². The highest BCUT2D eigenvalue weighted by atomic mass is 32.2. The minimum absolute atomic E-state index is 0.117. The van der Waals surface area contributed by atoms with E-state index in [2.05, 4.69) is 5.32 Å². The van der Waals surface area contributed by atoms with Crippen molar-refractivity contribution in [3.63, 3.8) is 0 Å². The van der Waals surface area contributed by atoms with Gasteiger partial charge in [-0.1, -0.05) is 35.9 Å². The normalized spacial score (nSPS) is 15.5. The molecule has 1 fully saturated rings. The molecule has 8 heteroatoms. The second-order valence-electron chi connectivity index (χ2n) is 7.51. The van der Waals surface area contributed by atoms with Crippen molar-refractivity contribution >= 4 is 33.0 Å². The fourth-order valence-electron chi connectivity index (χ4n) is 3.52. The largest absolute Gasteiger partial charge is 0.455 e. The number of anilines is 1. The van der Waals surface area contributed by atoms with Gasteiger partial charge in [-0.25, -0.2) is 8.42 Å². The summed E-state index contributed by atoms with van der Waals surface area (Å²) in [7, 11) is -3.47. The summed E-state index contributed by atoms with van der Waals surface area (Å²) in [6.45, 7) is 2.68. The number of amides is 1. The van der Waals surface area contributed by atoms with Crippen LogP contribution in [0.4, 0.5) is 5.69 Å². The van der Waals surface area contributed by atoms with Gasteiger partial charge in [-0.15, -0.1) is 11.3 Å². The van der Waals surface area contributed by atoms with Crippen molar-refractivity contribution in [2.45, 2.75) is 24.0 Å². The Morgan fingerprint density at radius 3 is 2.42 bits per heavy atom. The van der Waals surface area contributed by atoms with Gasteiger partial charge >= 0.3 is 0 Å². The van der Waals surface area contributed by atoms with Crippen LogP contribution in [-0.4, -0.2) is 31.7 Å². The van der Waals surface area contributed by atoms with E-state index in [1.807, 2.05) is 49.4 Å². The number of carbonyl (C=O) groups excluding carboxylic acids is 1. The van der Waals surface area contributed by atoms with Gasteiger partial charge in [0.2, 0.25) is 5.91 Å². The third kappa shape index (κ3) is 4.98. The molecule has 2 heterocycles. The Hall–Kier alpha value is -2.68. The van der Waals surface area contributed by atoms with E-state index in [1.54, 1.807) is 23.6 Å². The van der Waals surface area contributed by atoms with Gasteiger partial charge in [0.1, 0.15) is 9.96 Å². The van der Waals surface area contributed by atoms with E-state index in [0.29, 0.717) is 47.3 Å². The first-order valence-corrected chi connectivity index (χ1v) is 12.4. The smallest absolute Gasteiger partial charge is 0.252 e. The fourth-order valence-corrected chi connectivity index (χ4v) is 6.14. The molecule has 31 heavy (non-hydrogen) atoms. The van der Waals surface area contributed by atoms with Crippen LogP contribution in [0.2, 0.25) is 0 Å². The van der Waals surface area contributed by atoms with Crippen molar-refractivity contribution in [3.05, 3.63) is 71.6 Å². The van der Waals surface area contributed by atoms with Crippen LogP contribution in [0.3, 0.4) is 0 Å². The summed E-state index contributed by atoms with van der Waals surface area (Å²) in [4.78, 5) is 12.9. The fraction of sp³-hybridized carbons (Fsp3) is 0.261. The molecule has 1 amide bonds. The van der Waals surface area contributed by atoms with Crippen LogP contribution in [0.15, 0.2) is 70.3 Å². The summed E-state index contributed by atoms with van der Waals surface area (Å²) >= 11 is 1.21. The third-order valence-corrected chi connectivity index (χ3v) is 8.58. The quantitative estimate of drug-likeness (QED) is 0.573. The highest BCUT2D eigenvalue weighted by Gasteiger charge is 2.32. The summed E-state index contributed by atoms with van der Waals surface area (Å²) in [5.41, 5.74) is 1.74. The van der Waals surface area contributed by atoms with E-state index in [0.717, 1.165) is 5.56 Å². The van der Waals surface area contributed by atoms with E-state index in [1.165, 1.54) is 15.6 Å². The zero-order chi connectivity index (χ0) is 21.8. The molecule has 0 saturated carbocycles. The summed E-state index contributed by atoms with van der Waals surface area (Å²) in [6.07, 6.45) is 0.967. The number of hydrogen-bond donors (Lipinski definition) is 1. The molecule has 1 aliphatic heterocycles. The molecular weight excluding hydrogens is 432 g/mol. The van der Waals surface area contributed by atoms with Crippen LogP contribution in [-0.2, 0) is 14.8 Å². The molecule has 0 spiro atoms. The Kier molecular flexibility index (Phi) is 6.41. The van der Waals surface area contributed by atoms with E-state index in [9.17, 15) is 13.2 Å². The van der Waals surface area contributed by atoms with Crippen LogP contribution in [0.25, 0.3) is 0 Å². The highest BCUT2D eigenvalue weighted by Crippen LogP contribution is 2.31. The average Bonchev–Trinajstić information content (AvgIpc) is 3.33. The number of benzene rings is 2. The van der Waals surface area contributed by atoms with Gasteiger partial charge in [-0.2, -0.15) is 4.31 Å². The predicted molar refractivity (Wildman–Crippen MR) is 122 cm³/mol. The molecule has 1 aromatic heterocycles. The van der Waals surface area contributed by atoms with Crippen molar-refractivity contribution in [1.82, 2.24) is 4.31 Å². The molecule has 0 atom stereocenters. The van der Waals surface area contributed by atoms with Crippen LogP contribution in [0.5, 0.6) is 11.5 Å². The van der Waals surface area contributed by atoms with Crippen LogP contribution >= 0.6 is 11.3 Å². The number of para-hydroxylation sites is 2. The van der Waals surface area contributed by atoms with Gasteiger partial charge in [0, 0.05) is 19.0 Å². The maximum absolute atomic E-state index is 12.9. The van der Waals surface area contributed by atoms with Crippen LogP contribution in [0, 0.1) is 12.8 Å². The lowest BCUT2D eigenvalue weighted by Crippen LogP contribution is -2.41. The van der Waals surface area contributed by atoms with E-state index < -0.39 is 10.0 Å². The number of sulfonamides is 1. The molecule has 0 aliphatic carbocycles. The first-order chi connectivity index (χ1) is 14.9. The Balaban J connectivity index is 1.39. The summed E-state index contributed by atoms with van der Waals surface area (Å²) in [6, 6.07) is 18.4. The Bertz CT molecular complexity index is 1130. The highest BCUT2D eigenvalue weighted by molar-refractivity contribution is 7.91. The monoisotopic (exact) mass is 456 g/mol. The maximum atomic E-state index is 12.9. The Morgan fingerprint density at radius 1 is 1.03 bits per heavy atom. The predicted octanol–water partition coefficient (Wildman–Crippen LogP) is 4.89. The topological polar surface area (TPSA) is 75.7 Å². The Morgan fingerprint density at radius 2 is 1.74 bits per heavy atom. The minimum atomic E-state index is -3.47. The van der Waals surface area contributed by atoms with Crippen molar-refractivity contribution in [2.24, 2.45) is 5.92 Å². The standard InChI is InChI=1S/C23H24N2O4S2/c1-17-8-10-19(11-9-17)29-21-6-3-2-5-20(21)24-23(26)18-12-14-25(15-13-18)31(27,28)22-7-4-16-30-22/h2-11,16,18H,12-15H2,1H3,(H,24,26). The third-order valence-electron chi connectivity index (χ3n) is 5.31. The van der Waals surface area contributed by atoms with Gasteiger partial charge in [-0.05, 0) is 55.5 Å². The van der Waals surface area contributed by atoms with Crippen molar-refractivity contribution in [2.75, 3.05) is 18.4 Å². The number of thiophene rings is 1. The number of carbonyl (C=O) groups is 1.